The lowest BCUT2D eigenvalue weighted by Crippen LogP contribution is -2.12. The molecular formula is C29H39N3. The average molecular weight is 430 g/mol. The normalized spacial score (nSPS) is 12.0. The Bertz CT molecular complexity index is 936. The molecule has 0 bridgehead atoms. The van der Waals surface area contributed by atoms with Crippen LogP contribution in [0.2, 0.25) is 0 Å². The molecule has 3 aromatic carbocycles. The van der Waals surface area contributed by atoms with Crippen molar-refractivity contribution in [1.29, 1.82) is 0 Å². The third kappa shape index (κ3) is 5.27. The van der Waals surface area contributed by atoms with Crippen molar-refractivity contribution in [2.45, 2.75) is 39.0 Å². The summed E-state index contributed by atoms with van der Waals surface area (Å²) in [6, 6.07) is 25.0. The quantitative estimate of drug-likeness (QED) is 0.372. The van der Waals surface area contributed by atoms with Gasteiger partial charge in [-0.3, -0.25) is 0 Å². The van der Waals surface area contributed by atoms with Gasteiger partial charge >= 0.3 is 0 Å². The van der Waals surface area contributed by atoms with Gasteiger partial charge in [0, 0.05) is 57.7 Å². The number of benzene rings is 3. The fourth-order valence-electron chi connectivity index (χ4n) is 4.19. The summed E-state index contributed by atoms with van der Waals surface area (Å²) in [4.78, 5) is 4.30. The van der Waals surface area contributed by atoms with E-state index < -0.39 is 0 Å². The smallest absolute Gasteiger partial charge is 0.0385 e. The van der Waals surface area contributed by atoms with Gasteiger partial charge in [-0.1, -0.05) is 50.2 Å². The molecule has 0 saturated heterocycles. The summed E-state index contributed by atoms with van der Waals surface area (Å²) in [7, 11) is 8.35. The fraction of sp³-hybridized carbons (Fsp3) is 0.379. The van der Waals surface area contributed by atoms with Crippen LogP contribution in [0.15, 0.2) is 66.7 Å². The zero-order valence-corrected chi connectivity index (χ0v) is 20.8. The summed E-state index contributed by atoms with van der Waals surface area (Å²) in [6.07, 6.45) is 1.15. The first-order chi connectivity index (χ1) is 15.3. The van der Waals surface area contributed by atoms with Crippen molar-refractivity contribution in [2.75, 3.05) is 49.9 Å². The number of rotatable bonds is 9. The largest absolute Gasteiger partial charge is 0.385 e. The molecule has 1 N–H and O–H groups in total. The zero-order valence-electron chi connectivity index (χ0n) is 20.8. The molecule has 1 unspecified atom stereocenters. The SMILES string of the molecule is CCNc1cc(C(C)CC)ccc1C(c1ccc(N(C)C)cc1)c1ccc(N(C)C)cc1. The van der Waals surface area contributed by atoms with Crippen molar-refractivity contribution in [3.8, 4) is 0 Å². The van der Waals surface area contributed by atoms with Gasteiger partial charge < -0.3 is 15.1 Å². The maximum Gasteiger partial charge on any atom is 0.0385 e. The van der Waals surface area contributed by atoms with E-state index in [1.54, 1.807) is 0 Å². The van der Waals surface area contributed by atoms with Crippen LogP contribution in [-0.2, 0) is 0 Å². The summed E-state index contributed by atoms with van der Waals surface area (Å²) < 4.78 is 0. The second-order valence-corrected chi connectivity index (χ2v) is 9.09. The Labute approximate surface area is 195 Å². The van der Waals surface area contributed by atoms with E-state index in [1.165, 1.54) is 39.3 Å². The number of nitrogens with zero attached hydrogens (tertiary/aromatic N) is 2. The molecule has 0 saturated carbocycles. The number of anilines is 3. The molecule has 3 rings (SSSR count). The first-order valence-corrected chi connectivity index (χ1v) is 11.8. The molecule has 0 aromatic heterocycles. The van der Waals surface area contributed by atoms with Crippen LogP contribution in [0.1, 0.15) is 61.3 Å². The van der Waals surface area contributed by atoms with E-state index in [1.807, 2.05) is 0 Å². The number of nitrogens with one attached hydrogen (secondary N) is 1. The van der Waals surface area contributed by atoms with Gasteiger partial charge in [-0.2, -0.15) is 0 Å². The minimum atomic E-state index is 0.169. The Morgan fingerprint density at radius 2 is 1.16 bits per heavy atom. The van der Waals surface area contributed by atoms with Gasteiger partial charge in [-0.15, -0.1) is 0 Å². The Hall–Kier alpha value is -2.94. The van der Waals surface area contributed by atoms with E-state index in [0.29, 0.717) is 5.92 Å². The van der Waals surface area contributed by atoms with Crippen LogP contribution in [0.5, 0.6) is 0 Å². The molecule has 0 aliphatic rings. The molecule has 1 atom stereocenters. The highest BCUT2D eigenvalue weighted by Crippen LogP contribution is 2.39. The summed E-state index contributed by atoms with van der Waals surface area (Å²) in [5, 5.41) is 3.66. The highest BCUT2D eigenvalue weighted by Gasteiger charge is 2.21. The first-order valence-electron chi connectivity index (χ1n) is 11.8. The average Bonchev–Trinajstić information content (AvgIpc) is 2.80. The molecule has 0 fully saturated rings. The lowest BCUT2D eigenvalue weighted by Gasteiger charge is -2.25. The molecule has 0 aliphatic heterocycles. The monoisotopic (exact) mass is 429 g/mol. The third-order valence-electron chi connectivity index (χ3n) is 6.42. The first kappa shape index (κ1) is 23.7. The van der Waals surface area contributed by atoms with Gasteiger partial charge in [0.15, 0.2) is 0 Å². The van der Waals surface area contributed by atoms with Crippen molar-refractivity contribution < 1.29 is 0 Å². The lowest BCUT2D eigenvalue weighted by atomic mass is 9.82. The molecule has 3 aromatic rings. The summed E-state index contributed by atoms with van der Waals surface area (Å²) >= 11 is 0. The Balaban J connectivity index is 2.15. The highest BCUT2D eigenvalue weighted by molar-refractivity contribution is 5.62. The molecular weight excluding hydrogens is 390 g/mol. The molecule has 0 amide bonds. The number of hydrogen-bond donors (Lipinski definition) is 1. The topological polar surface area (TPSA) is 18.5 Å². The lowest BCUT2D eigenvalue weighted by molar-refractivity contribution is 0.733. The molecule has 0 heterocycles. The van der Waals surface area contributed by atoms with E-state index in [-0.39, 0.29) is 5.92 Å². The molecule has 0 radical (unpaired) electrons. The maximum atomic E-state index is 3.66. The standard InChI is InChI=1S/C29H39N3/c1-8-21(3)24-14-19-27(28(20-24)30-9-2)29(22-10-15-25(16-11-22)31(4)5)23-12-17-26(18-13-23)32(6)7/h10-21,29-30H,8-9H2,1-7H3. The van der Waals surface area contributed by atoms with E-state index in [4.69, 9.17) is 0 Å². The van der Waals surface area contributed by atoms with Gasteiger partial charge in [-0.25, -0.2) is 0 Å². The van der Waals surface area contributed by atoms with Gasteiger partial charge in [0.25, 0.3) is 0 Å². The highest BCUT2D eigenvalue weighted by atomic mass is 15.1. The van der Waals surface area contributed by atoms with E-state index in [9.17, 15) is 0 Å². The molecule has 3 heteroatoms. The Kier molecular flexibility index (Phi) is 7.84. The summed E-state index contributed by atoms with van der Waals surface area (Å²) in [6.45, 7) is 7.64. The molecule has 3 nitrogen and oxygen atoms in total. The molecule has 0 spiro atoms. The molecule has 170 valence electrons. The van der Waals surface area contributed by atoms with Crippen LogP contribution in [-0.4, -0.2) is 34.7 Å². The second-order valence-electron chi connectivity index (χ2n) is 9.09. The minimum Gasteiger partial charge on any atom is -0.385 e. The second kappa shape index (κ2) is 10.6. The van der Waals surface area contributed by atoms with Gasteiger partial charge in [0.2, 0.25) is 0 Å². The molecule has 32 heavy (non-hydrogen) atoms. The van der Waals surface area contributed by atoms with Crippen LogP contribution >= 0.6 is 0 Å². The van der Waals surface area contributed by atoms with Crippen molar-refractivity contribution in [3.63, 3.8) is 0 Å². The predicted octanol–water partition coefficient (Wildman–Crippen LogP) is 6.94. The van der Waals surface area contributed by atoms with E-state index in [2.05, 4.69) is 131 Å². The van der Waals surface area contributed by atoms with Crippen LogP contribution in [0.4, 0.5) is 17.1 Å². The van der Waals surface area contributed by atoms with Crippen LogP contribution in [0, 0.1) is 0 Å². The van der Waals surface area contributed by atoms with E-state index >= 15 is 0 Å². The van der Waals surface area contributed by atoms with E-state index in [0.717, 1.165) is 13.0 Å². The van der Waals surface area contributed by atoms with Crippen molar-refractivity contribution in [1.82, 2.24) is 0 Å². The zero-order chi connectivity index (χ0) is 23.3. The van der Waals surface area contributed by atoms with Gasteiger partial charge in [0.05, 0.1) is 0 Å². The Morgan fingerprint density at radius 3 is 1.56 bits per heavy atom. The maximum absolute atomic E-state index is 3.66. The van der Waals surface area contributed by atoms with Crippen molar-refractivity contribution in [2.24, 2.45) is 0 Å². The minimum absolute atomic E-state index is 0.169. The van der Waals surface area contributed by atoms with Gasteiger partial charge in [-0.05, 0) is 71.8 Å². The number of hydrogen-bond acceptors (Lipinski definition) is 3. The van der Waals surface area contributed by atoms with Crippen LogP contribution < -0.4 is 15.1 Å². The van der Waals surface area contributed by atoms with Crippen LogP contribution in [0.3, 0.4) is 0 Å². The third-order valence-corrected chi connectivity index (χ3v) is 6.42. The van der Waals surface area contributed by atoms with Gasteiger partial charge in [0.1, 0.15) is 0 Å². The van der Waals surface area contributed by atoms with Crippen molar-refractivity contribution >= 4 is 17.1 Å². The molecule has 0 aliphatic carbocycles. The van der Waals surface area contributed by atoms with Crippen molar-refractivity contribution in [3.05, 3.63) is 89.0 Å². The van der Waals surface area contributed by atoms with Crippen LogP contribution in [0.25, 0.3) is 0 Å². The fourth-order valence-corrected chi connectivity index (χ4v) is 4.19. The predicted molar refractivity (Wildman–Crippen MR) is 142 cm³/mol. The summed E-state index contributed by atoms with van der Waals surface area (Å²) in [5.41, 5.74) is 9.02. The Morgan fingerprint density at radius 1 is 0.688 bits per heavy atom. The summed E-state index contributed by atoms with van der Waals surface area (Å²) in [5.74, 6) is 0.723.